The largest absolute Gasteiger partial charge is 0.461 e. The molecule has 0 aromatic heterocycles. The Hall–Kier alpha value is -0.910. The number of aliphatic hydroxyl groups excluding tert-OH is 2. The number of hydrogen-bond acceptors (Lipinski definition) is 5. The molecule has 6 aliphatic carbocycles. The normalized spacial score (nSPS) is 68.7. The Morgan fingerprint density at radius 1 is 1.26 bits per heavy atom. The average Bonchev–Trinajstić information content (AvgIpc) is 2.95. The van der Waals surface area contributed by atoms with Crippen LogP contribution in [0.1, 0.15) is 39.5 Å². The van der Waals surface area contributed by atoms with E-state index in [1.165, 1.54) is 6.92 Å². The van der Waals surface area contributed by atoms with Gasteiger partial charge in [-0.3, -0.25) is 9.69 Å². The summed E-state index contributed by atoms with van der Waals surface area (Å²) in [5.41, 5.74) is 1.24. The molecular weight excluding hydrogens is 342 g/mol. The number of aliphatic hydroxyl groups is 2. The van der Waals surface area contributed by atoms with E-state index >= 15 is 0 Å². The van der Waals surface area contributed by atoms with Crippen LogP contribution in [0.4, 0.5) is 0 Å². The maximum Gasteiger partial charge on any atom is 0.302 e. The van der Waals surface area contributed by atoms with Crippen LogP contribution in [0.5, 0.6) is 0 Å². The fourth-order valence-corrected chi connectivity index (χ4v) is 11.0. The first-order valence-electron chi connectivity index (χ1n) is 10.7. The fraction of sp³-hybridized carbons (Fsp3) is 0.864. The molecule has 3 aliphatic heterocycles. The number of piperidine rings is 2. The van der Waals surface area contributed by atoms with E-state index in [0.717, 1.165) is 37.8 Å². The summed E-state index contributed by atoms with van der Waals surface area (Å²) >= 11 is 0. The van der Waals surface area contributed by atoms with Crippen molar-refractivity contribution in [3.63, 3.8) is 0 Å². The standard InChI is InChI=1S/C22H29NO4/c1-9-4-21-7-12-17-20(3)5-11(25)6-22(17)18(21)16(27-10(2)24)13(9)15(26)14(21)19(22)23(12)8-20/h11-19,25-26H,1,4-8H2,2-3H3/t11-,12-,13-,14+,15-,16+,17+,18+,19+,20-,21-,22-/m0/s1. The first kappa shape index (κ1) is 15.9. The van der Waals surface area contributed by atoms with Gasteiger partial charge in [0.05, 0.1) is 12.2 Å². The Kier molecular flexibility index (Phi) is 2.46. The van der Waals surface area contributed by atoms with Crippen LogP contribution in [0.3, 0.4) is 0 Å². The lowest BCUT2D eigenvalue weighted by atomic mass is 9.39. The van der Waals surface area contributed by atoms with Gasteiger partial charge in [-0.25, -0.2) is 0 Å². The lowest BCUT2D eigenvalue weighted by molar-refractivity contribution is -0.225. The van der Waals surface area contributed by atoms with Crippen molar-refractivity contribution in [2.45, 2.75) is 69.9 Å². The van der Waals surface area contributed by atoms with Gasteiger partial charge in [-0.1, -0.05) is 19.1 Å². The number of rotatable bonds is 1. The van der Waals surface area contributed by atoms with E-state index in [1.807, 2.05) is 0 Å². The summed E-state index contributed by atoms with van der Waals surface area (Å²) in [6, 6.07) is 0.924. The zero-order valence-electron chi connectivity index (χ0n) is 16.1. The number of carbonyl (C=O) groups excluding carboxylic acids is 1. The molecule has 3 saturated heterocycles. The van der Waals surface area contributed by atoms with E-state index in [0.29, 0.717) is 18.0 Å². The van der Waals surface area contributed by atoms with E-state index in [-0.39, 0.29) is 52.2 Å². The van der Waals surface area contributed by atoms with Crippen LogP contribution in [-0.4, -0.2) is 58.0 Å². The van der Waals surface area contributed by atoms with Gasteiger partial charge >= 0.3 is 5.97 Å². The van der Waals surface area contributed by atoms with Gasteiger partial charge in [0.2, 0.25) is 0 Å². The van der Waals surface area contributed by atoms with Gasteiger partial charge in [0.25, 0.3) is 0 Å². The van der Waals surface area contributed by atoms with E-state index in [1.54, 1.807) is 0 Å². The molecule has 6 saturated carbocycles. The molecule has 0 radical (unpaired) electrons. The first-order valence-corrected chi connectivity index (χ1v) is 10.7. The topological polar surface area (TPSA) is 70.0 Å². The number of fused-ring (bicyclic) bond motifs is 1. The third-order valence-corrected chi connectivity index (χ3v) is 10.4. The maximum atomic E-state index is 12.1. The predicted octanol–water partition coefficient (Wildman–Crippen LogP) is 1.33. The summed E-state index contributed by atoms with van der Waals surface area (Å²) in [6.07, 6.45) is 2.78. The van der Waals surface area contributed by atoms with Gasteiger partial charge in [-0.2, -0.15) is 0 Å². The van der Waals surface area contributed by atoms with Crippen LogP contribution in [-0.2, 0) is 9.53 Å². The molecule has 0 aromatic rings. The van der Waals surface area contributed by atoms with Gasteiger partial charge < -0.3 is 14.9 Å². The molecule has 9 rings (SSSR count). The highest BCUT2D eigenvalue weighted by Crippen LogP contribution is 2.87. The molecule has 0 amide bonds. The van der Waals surface area contributed by atoms with Gasteiger partial charge in [0, 0.05) is 48.7 Å². The highest BCUT2D eigenvalue weighted by atomic mass is 16.5. The van der Waals surface area contributed by atoms with E-state index in [9.17, 15) is 15.0 Å². The monoisotopic (exact) mass is 371 g/mol. The minimum absolute atomic E-state index is 0.00516. The molecule has 5 nitrogen and oxygen atoms in total. The van der Waals surface area contributed by atoms with Crippen molar-refractivity contribution in [1.29, 1.82) is 0 Å². The van der Waals surface area contributed by atoms with Gasteiger partial charge in [0.1, 0.15) is 6.10 Å². The van der Waals surface area contributed by atoms with Crippen LogP contribution in [0.15, 0.2) is 12.2 Å². The van der Waals surface area contributed by atoms with Crippen molar-refractivity contribution in [3.05, 3.63) is 12.2 Å². The zero-order valence-corrected chi connectivity index (χ0v) is 16.1. The molecule has 9 aliphatic rings. The van der Waals surface area contributed by atoms with Gasteiger partial charge in [-0.15, -0.1) is 0 Å². The van der Waals surface area contributed by atoms with E-state index in [4.69, 9.17) is 4.74 Å². The Morgan fingerprint density at radius 3 is 2.78 bits per heavy atom. The summed E-state index contributed by atoms with van der Waals surface area (Å²) < 4.78 is 6.00. The summed E-state index contributed by atoms with van der Waals surface area (Å²) in [6.45, 7) is 9.25. The first-order chi connectivity index (χ1) is 12.7. The quantitative estimate of drug-likeness (QED) is 0.538. The minimum Gasteiger partial charge on any atom is -0.461 e. The van der Waals surface area contributed by atoms with Crippen molar-refractivity contribution in [2.24, 2.45) is 39.9 Å². The predicted molar refractivity (Wildman–Crippen MR) is 96.4 cm³/mol. The smallest absolute Gasteiger partial charge is 0.302 e. The Labute approximate surface area is 159 Å². The summed E-state index contributed by atoms with van der Waals surface area (Å²) in [5, 5.41) is 22.4. The molecule has 27 heavy (non-hydrogen) atoms. The molecule has 0 aromatic carbocycles. The second kappa shape index (κ2) is 4.17. The van der Waals surface area contributed by atoms with Crippen molar-refractivity contribution in [2.75, 3.05) is 6.54 Å². The molecular formula is C22H29NO4. The van der Waals surface area contributed by atoms with Crippen molar-refractivity contribution >= 4 is 5.97 Å². The van der Waals surface area contributed by atoms with E-state index < -0.39 is 6.10 Å². The SMILES string of the molecule is C=C1C[C@@]23C[C@H]4[C@@H]5[C@@]6(C)C[C@H](O)C[C@@]57[C@@H]2[C@H](OC(C)=O)[C@@H]1[C@H](O)[C@@H]3[C@H]7N4C6. The zero-order chi connectivity index (χ0) is 18.7. The number of ether oxygens (including phenoxy) is 1. The highest BCUT2D eigenvalue weighted by molar-refractivity contribution is 5.66. The molecule has 9 fully saturated rings. The van der Waals surface area contributed by atoms with Gasteiger partial charge in [-0.05, 0) is 42.4 Å². The lowest BCUT2D eigenvalue weighted by Gasteiger charge is -2.66. The molecule has 3 heterocycles. The Morgan fingerprint density at radius 2 is 2.04 bits per heavy atom. The Balaban J connectivity index is 1.50. The molecule has 13 atom stereocenters. The average molecular weight is 371 g/mol. The second-order valence-electron chi connectivity index (χ2n) is 11.4. The fourth-order valence-electron chi connectivity index (χ4n) is 11.0. The second-order valence-corrected chi connectivity index (χ2v) is 11.4. The maximum absolute atomic E-state index is 12.1. The third-order valence-electron chi connectivity index (χ3n) is 10.4. The number of nitrogens with zero attached hydrogens (tertiary/aromatic N) is 1. The van der Waals surface area contributed by atoms with Crippen LogP contribution in [0.25, 0.3) is 0 Å². The van der Waals surface area contributed by atoms with Crippen LogP contribution in [0, 0.1) is 39.9 Å². The highest BCUT2D eigenvalue weighted by Gasteiger charge is 2.90. The summed E-state index contributed by atoms with van der Waals surface area (Å²) in [7, 11) is 0. The number of carbonyl (C=O) groups is 1. The van der Waals surface area contributed by atoms with Crippen LogP contribution >= 0.6 is 0 Å². The van der Waals surface area contributed by atoms with Crippen LogP contribution < -0.4 is 0 Å². The molecule has 146 valence electrons. The number of esters is 1. The van der Waals surface area contributed by atoms with Crippen molar-refractivity contribution < 1.29 is 19.7 Å². The van der Waals surface area contributed by atoms with E-state index in [2.05, 4.69) is 18.4 Å². The summed E-state index contributed by atoms with van der Waals surface area (Å²) in [4.78, 5) is 14.8. The molecule has 2 spiro atoms. The summed E-state index contributed by atoms with van der Waals surface area (Å²) in [5.74, 6) is 0.702. The Bertz CT molecular complexity index is 812. The van der Waals surface area contributed by atoms with Crippen molar-refractivity contribution in [3.8, 4) is 0 Å². The number of hydrogen-bond donors (Lipinski definition) is 2. The van der Waals surface area contributed by atoms with Crippen LogP contribution in [0.2, 0.25) is 0 Å². The third kappa shape index (κ3) is 1.34. The minimum atomic E-state index is -0.471. The molecule has 1 unspecified atom stereocenters. The van der Waals surface area contributed by atoms with Crippen molar-refractivity contribution in [1.82, 2.24) is 4.90 Å². The molecule has 2 N–H and O–H groups in total. The lowest BCUT2D eigenvalue weighted by Crippen LogP contribution is -2.68. The molecule has 5 heteroatoms. The van der Waals surface area contributed by atoms with Gasteiger partial charge in [0.15, 0.2) is 0 Å². The molecule has 9 bridgehead atoms.